The van der Waals surface area contributed by atoms with Crippen LogP contribution in [0.4, 0.5) is 30.2 Å². The van der Waals surface area contributed by atoms with Crippen molar-refractivity contribution in [3.05, 3.63) is 83.1 Å². The molecule has 1 aromatic heterocycles. The third kappa shape index (κ3) is 4.77. The van der Waals surface area contributed by atoms with Gasteiger partial charge < -0.3 is 10.6 Å². The van der Waals surface area contributed by atoms with Gasteiger partial charge >= 0.3 is 6.18 Å². The first-order valence-corrected chi connectivity index (χ1v) is 8.16. The van der Waals surface area contributed by atoms with Crippen molar-refractivity contribution in [3.8, 4) is 0 Å². The average molecular weight is 392 g/mol. The normalized spacial score (nSPS) is 11.1. The fraction of sp³-hybridized carbons (Fsp3) is 0.0526. The molecule has 0 saturated heterocycles. The summed E-state index contributed by atoms with van der Waals surface area (Å²) in [5.74, 6) is -0.461. The van der Waals surface area contributed by atoms with E-state index in [-0.39, 0.29) is 16.9 Å². The molecule has 0 unspecified atom stereocenters. The molecule has 0 spiro atoms. The lowest BCUT2D eigenvalue weighted by atomic mass is 10.1. The minimum absolute atomic E-state index is 0.126. The topological polar surface area (TPSA) is 54.0 Å². The Morgan fingerprint density at radius 2 is 1.74 bits per heavy atom. The van der Waals surface area contributed by atoms with Gasteiger partial charge in [-0.2, -0.15) is 13.2 Å². The first kappa shape index (κ1) is 18.7. The minimum atomic E-state index is -4.50. The molecule has 8 heteroatoms. The number of nitrogens with zero attached hydrogens (tertiary/aromatic N) is 1. The smallest absolute Gasteiger partial charge is 0.354 e. The fourth-order valence-corrected chi connectivity index (χ4v) is 2.59. The molecule has 0 aliphatic carbocycles. The van der Waals surface area contributed by atoms with Crippen LogP contribution in [0.3, 0.4) is 0 Å². The van der Waals surface area contributed by atoms with Crippen LogP contribution in [0, 0.1) is 0 Å². The van der Waals surface area contributed by atoms with Crippen molar-refractivity contribution in [2.45, 2.75) is 6.18 Å². The number of benzene rings is 2. The van der Waals surface area contributed by atoms with Crippen LogP contribution in [-0.2, 0) is 6.18 Å². The van der Waals surface area contributed by atoms with Crippen LogP contribution in [0.25, 0.3) is 0 Å². The van der Waals surface area contributed by atoms with E-state index in [9.17, 15) is 18.0 Å². The summed E-state index contributed by atoms with van der Waals surface area (Å²) in [4.78, 5) is 16.3. The quantitative estimate of drug-likeness (QED) is 0.595. The molecule has 0 aliphatic heterocycles. The van der Waals surface area contributed by atoms with Crippen LogP contribution >= 0.6 is 11.6 Å². The number of rotatable bonds is 4. The number of pyridine rings is 1. The number of alkyl halides is 3. The van der Waals surface area contributed by atoms with Crippen LogP contribution in [0.2, 0.25) is 5.02 Å². The Balaban J connectivity index is 1.81. The summed E-state index contributed by atoms with van der Waals surface area (Å²) < 4.78 is 39.3. The summed E-state index contributed by atoms with van der Waals surface area (Å²) in [5, 5.41) is 5.78. The number of carbonyl (C=O) groups excluding carboxylic acids is 1. The maximum atomic E-state index is 13.1. The van der Waals surface area contributed by atoms with Crippen LogP contribution in [0.5, 0.6) is 0 Å². The molecule has 0 fully saturated rings. The molecule has 1 amide bonds. The van der Waals surface area contributed by atoms with Gasteiger partial charge in [0.1, 0.15) is 0 Å². The molecule has 3 rings (SSSR count). The van der Waals surface area contributed by atoms with Gasteiger partial charge in [-0.1, -0.05) is 29.8 Å². The van der Waals surface area contributed by atoms with Gasteiger partial charge in [0, 0.05) is 16.9 Å². The number of para-hydroxylation sites is 1. The molecule has 27 heavy (non-hydrogen) atoms. The van der Waals surface area contributed by atoms with Crippen molar-refractivity contribution in [1.82, 2.24) is 4.98 Å². The molecule has 0 radical (unpaired) electrons. The van der Waals surface area contributed by atoms with Crippen molar-refractivity contribution >= 4 is 34.6 Å². The van der Waals surface area contributed by atoms with E-state index in [1.54, 1.807) is 24.3 Å². The van der Waals surface area contributed by atoms with Crippen molar-refractivity contribution in [1.29, 1.82) is 0 Å². The van der Waals surface area contributed by atoms with Gasteiger partial charge in [-0.25, -0.2) is 0 Å². The number of aromatic nitrogens is 1. The molecule has 2 N–H and O–H groups in total. The number of carbonyl (C=O) groups is 1. The van der Waals surface area contributed by atoms with E-state index in [1.807, 2.05) is 0 Å². The number of amides is 1. The second-order valence-corrected chi connectivity index (χ2v) is 6.03. The minimum Gasteiger partial charge on any atom is -0.354 e. The van der Waals surface area contributed by atoms with Gasteiger partial charge in [0.2, 0.25) is 0 Å². The molecule has 0 bridgehead atoms. The first-order chi connectivity index (χ1) is 12.8. The highest BCUT2D eigenvalue weighted by atomic mass is 35.5. The van der Waals surface area contributed by atoms with Crippen LogP contribution in [0.15, 0.2) is 67.0 Å². The number of halogens is 4. The molecule has 0 saturated carbocycles. The Morgan fingerprint density at radius 3 is 2.48 bits per heavy atom. The molecule has 138 valence electrons. The summed E-state index contributed by atoms with van der Waals surface area (Å²) in [6, 6.07) is 13.1. The number of hydrogen-bond acceptors (Lipinski definition) is 3. The molecule has 4 nitrogen and oxygen atoms in total. The Bertz CT molecular complexity index is 976. The molecule has 3 aromatic rings. The van der Waals surface area contributed by atoms with E-state index < -0.39 is 17.6 Å². The summed E-state index contributed by atoms with van der Waals surface area (Å²) in [6.45, 7) is 0. The zero-order valence-corrected chi connectivity index (χ0v) is 14.5. The lowest BCUT2D eigenvalue weighted by molar-refractivity contribution is -0.136. The number of hydrogen-bond donors (Lipinski definition) is 2. The van der Waals surface area contributed by atoms with Gasteiger partial charge in [-0.3, -0.25) is 9.78 Å². The third-order valence-corrected chi connectivity index (χ3v) is 3.83. The zero-order chi connectivity index (χ0) is 19.4. The monoisotopic (exact) mass is 391 g/mol. The predicted octanol–water partition coefficient (Wildman–Crippen LogP) is 5.75. The average Bonchev–Trinajstić information content (AvgIpc) is 2.61. The third-order valence-electron chi connectivity index (χ3n) is 3.59. The zero-order valence-electron chi connectivity index (χ0n) is 13.7. The second-order valence-electron chi connectivity index (χ2n) is 5.60. The predicted molar refractivity (Wildman–Crippen MR) is 98.4 cm³/mol. The molecule has 0 aliphatic rings. The molecular formula is C19H13ClF3N3O. The summed E-state index contributed by atoms with van der Waals surface area (Å²) >= 11 is 5.88. The maximum absolute atomic E-state index is 13.1. The van der Waals surface area contributed by atoms with E-state index in [0.717, 1.165) is 6.07 Å². The van der Waals surface area contributed by atoms with E-state index in [1.165, 1.54) is 36.7 Å². The fourth-order valence-electron chi connectivity index (χ4n) is 2.40. The van der Waals surface area contributed by atoms with Gasteiger partial charge in [0.05, 0.1) is 28.7 Å². The van der Waals surface area contributed by atoms with Gasteiger partial charge in [0.15, 0.2) is 0 Å². The summed E-state index contributed by atoms with van der Waals surface area (Å²) in [7, 11) is 0. The summed E-state index contributed by atoms with van der Waals surface area (Å²) in [5.41, 5.74) is 0.00108. The van der Waals surface area contributed by atoms with Crippen molar-refractivity contribution in [2.75, 3.05) is 10.6 Å². The largest absolute Gasteiger partial charge is 0.418 e. The number of nitrogens with one attached hydrogen (secondary N) is 2. The highest BCUT2D eigenvalue weighted by Gasteiger charge is 2.33. The van der Waals surface area contributed by atoms with Crippen molar-refractivity contribution < 1.29 is 18.0 Å². The molecule has 0 atom stereocenters. The summed E-state index contributed by atoms with van der Waals surface area (Å²) in [6.07, 6.45) is -1.84. The van der Waals surface area contributed by atoms with Crippen LogP contribution in [-0.4, -0.2) is 10.9 Å². The SMILES string of the molecule is O=C(Nc1cccc(Cl)c1)c1cncc(Nc2ccccc2C(F)(F)F)c1. The van der Waals surface area contributed by atoms with E-state index in [4.69, 9.17) is 11.6 Å². The highest BCUT2D eigenvalue weighted by molar-refractivity contribution is 6.31. The Labute approximate surface area is 158 Å². The molecule has 1 heterocycles. The van der Waals surface area contributed by atoms with Gasteiger partial charge in [-0.05, 0) is 36.4 Å². The number of anilines is 3. The van der Waals surface area contributed by atoms with E-state index in [0.29, 0.717) is 10.7 Å². The second kappa shape index (κ2) is 7.67. The lowest BCUT2D eigenvalue weighted by Crippen LogP contribution is -2.13. The van der Waals surface area contributed by atoms with E-state index >= 15 is 0 Å². The molecular weight excluding hydrogens is 379 g/mol. The van der Waals surface area contributed by atoms with Gasteiger partial charge in [-0.15, -0.1) is 0 Å². The maximum Gasteiger partial charge on any atom is 0.418 e. The Hall–Kier alpha value is -3.06. The van der Waals surface area contributed by atoms with Gasteiger partial charge in [0.25, 0.3) is 5.91 Å². The highest BCUT2D eigenvalue weighted by Crippen LogP contribution is 2.35. The van der Waals surface area contributed by atoms with Crippen molar-refractivity contribution in [2.24, 2.45) is 0 Å². The van der Waals surface area contributed by atoms with Crippen LogP contribution < -0.4 is 10.6 Å². The van der Waals surface area contributed by atoms with Crippen molar-refractivity contribution in [3.63, 3.8) is 0 Å². The Morgan fingerprint density at radius 1 is 0.963 bits per heavy atom. The van der Waals surface area contributed by atoms with Crippen LogP contribution in [0.1, 0.15) is 15.9 Å². The Kier molecular flexibility index (Phi) is 5.32. The molecule has 2 aromatic carbocycles. The van der Waals surface area contributed by atoms with E-state index in [2.05, 4.69) is 15.6 Å². The first-order valence-electron chi connectivity index (χ1n) is 7.78. The lowest BCUT2D eigenvalue weighted by Gasteiger charge is -2.14. The standard InChI is InChI=1S/C19H13ClF3N3O/c20-13-4-3-5-14(9-13)26-18(27)12-8-15(11-24-10-12)25-17-7-2-1-6-16(17)19(21,22)23/h1-11,25H,(H,26,27).